The highest BCUT2D eigenvalue weighted by Crippen LogP contribution is 2.20. The first-order valence-electron chi connectivity index (χ1n) is 4.62. The van der Waals surface area contributed by atoms with Gasteiger partial charge in [0.05, 0.1) is 17.3 Å². The summed E-state index contributed by atoms with van der Waals surface area (Å²) in [5, 5.41) is 11.0. The highest BCUT2D eigenvalue weighted by Gasteiger charge is 2.07. The number of hydrogen-bond donors (Lipinski definition) is 1. The molecule has 90 valence electrons. The van der Waals surface area contributed by atoms with E-state index in [1.807, 2.05) is 6.07 Å². The predicted octanol–water partition coefficient (Wildman–Crippen LogP) is 2.93. The van der Waals surface area contributed by atoms with Gasteiger partial charge in [0.15, 0.2) is 0 Å². The monoisotopic (exact) mass is 283 g/mol. The van der Waals surface area contributed by atoms with E-state index in [0.717, 1.165) is 6.07 Å². The van der Waals surface area contributed by atoms with Crippen LogP contribution in [-0.4, -0.2) is 15.0 Å². The Balaban J connectivity index is 2.31. The minimum absolute atomic E-state index is 0.0172. The van der Waals surface area contributed by atoms with Gasteiger partial charge >= 0.3 is 0 Å². The summed E-state index contributed by atoms with van der Waals surface area (Å²) in [5.74, 6) is -0.592. The maximum Gasteiger partial charge on any atom is 0.232 e. The maximum atomic E-state index is 13.6. The van der Waals surface area contributed by atoms with E-state index in [-0.39, 0.29) is 27.8 Å². The van der Waals surface area contributed by atoms with Crippen LogP contribution in [0.4, 0.5) is 16.0 Å². The smallest absolute Gasteiger partial charge is 0.232 e. The van der Waals surface area contributed by atoms with Crippen LogP contribution in [0.2, 0.25) is 10.6 Å². The molecule has 0 aliphatic carbocycles. The lowest BCUT2D eigenvalue weighted by atomic mass is 10.2. The second kappa shape index (κ2) is 5.12. The molecule has 1 N–H and O–H groups in total. The van der Waals surface area contributed by atoms with Crippen molar-refractivity contribution < 1.29 is 4.39 Å². The molecule has 0 spiro atoms. The van der Waals surface area contributed by atoms with E-state index in [1.165, 1.54) is 12.1 Å². The maximum absolute atomic E-state index is 13.6. The van der Waals surface area contributed by atoms with E-state index in [9.17, 15) is 4.39 Å². The number of hydrogen-bond acceptors (Lipinski definition) is 5. The van der Waals surface area contributed by atoms with Crippen molar-refractivity contribution in [2.24, 2.45) is 0 Å². The molecule has 0 bridgehead atoms. The molecule has 0 saturated heterocycles. The molecule has 1 aromatic carbocycles. The van der Waals surface area contributed by atoms with Crippen molar-refractivity contribution in [1.29, 1.82) is 5.26 Å². The summed E-state index contributed by atoms with van der Waals surface area (Å²) in [6.45, 7) is 0. The van der Waals surface area contributed by atoms with Gasteiger partial charge in [0.1, 0.15) is 5.82 Å². The van der Waals surface area contributed by atoms with Gasteiger partial charge in [-0.1, -0.05) is 0 Å². The SMILES string of the molecule is N#Cc1ccc(Nc2nc(Cl)nc(Cl)n2)c(F)c1. The fourth-order valence-corrected chi connectivity index (χ4v) is 1.55. The molecule has 0 aliphatic heterocycles. The Morgan fingerprint density at radius 2 is 1.83 bits per heavy atom. The number of benzene rings is 1. The van der Waals surface area contributed by atoms with E-state index < -0.39 is 5.82 Å². The normalized spacial score (nSPS) is 9.89. The third-order valence-electron chi connectivity index (χ3n) is 1.93. The molecule has 0 aliphatic rings. The summed E-state index contributed by atoms with van der Waals surface area (Å²) in [6, 6.07) is 5.76. The molecular formula is C10H4Cl2FN5. The van der Waals surface area contributed by atoms with E-state index in [0.29, 0.717) is 0 Å². The topological polar surface area (TPSA) is 74.5 Å². The minimum Gasteiger partial charge on any atom is -0.321 e. The molecule has 0 amide bonds. The molecule has 5 nitrogen and oxygen atoms in total. The van der Waals surface area contributed by atoms with Crippen molar-refractivity contribution in [1.82, 2.24) is 15.0 Å². The van der Waals surface area contributed by atoms with Crippen LogP contribution in [0.25, 0.3) is 0 Å². The number of nitrogens with zero attached hydrogens (tertiary/aromatic N) is 4. The second-order valence-corrected chi connectivity index (χ2v) is 3.80. The van der Waals surface area contributed by atoms with Gasteiger partial charge in [0.2, 0.25) is 16.5 Å². The zero-order valence-electron chi connectivity index (χ0n) is 8.65. The number of halogens is 3. The van der Waals surface area contributed by atoms with Gasteiger partial charge in [-0.2, -0.15) is 20.2 Å². The zero-order valence-corrected chi connectivity index (χ0v) is 10.2. The first kappa shape index (κ1) is 12.5. The van der Waals surface area contributed by atoms with Crippen molar-refractivity contribution in [2.75, 3.05) is 5.32 Å². The molecular weight excluding hydrogens is 280 g/mol. The van der Waals surface area contributed by atoms with Crippen LogP contribution in [0.5, 0.6) is 0 Å². The van der Waals surface area contributed by atoms with Crippen molar-refractivity contribution in [3.63, 3.8) is 0 Å². The first-order chi connectivity index (χ1) is 8.58. The molecule has 0 fully saturated rings. The molecule has 1 heterocycles. The Morgan fingerprint density at radius 3 is 2.39 bits per heavy atom. The van der Waals surface area contributed by atoms with Crippen LogP contribution < -0.4 is 5.32 Å². The molecule has 8 heteroatoms. The number of anilines is 2. The van der Waals surface area contributed by atoms with Crippen molar-refractivity contribution in [3.8, 4) is 6.07 Å². The Morgan fingerprint density at radius 1 is 1.17 bits per heavy atom. The van der Waals surface area contributed by atoms with Gasteiger partial charge < -0.3 is 5.32 Å². The standard InChI is InChI=1S/C10H4Cl2FN5/c11-8-16-9(12)18-10(17-8)15-7-2-1-5(4-14)3-6(7)13/h1-3H,(H,15,16,17,18). The molecule has 0 unspecified atom stereocenters. The summed E-state index contributed by atoms with van der Waals surface area (Å²) in [7, 11) is 0. The molecule has 2 aromatic rings. The lowest BCUT2D eigenvalue weighted by molar-refractivity contribution is 0.631. The van der Waals surface area contributed by atoms with Crippen LogP contribution >= 0.6 is 23.2 Å². The first-order valence-corrected chi connectivity index (χ1v) is 5.38. The van der Waals surface area contributed by atoms with E-state index >= 15 is 0 Å². The van der Waals surface area contributed by atoms with Gasteiger partial charge in [0.25, 0.3) is 0 Å². The third kappa shape index (κ3) is 2.83. The van der Waals surface area contributed by atoms with Gasteiger partial charge in [0, 0.05) is 0 Å². The van der Waals surface area contributed by atoms with Gasteiger partial charge in [-0.3, -0.25) is 0 Å². The summed E-state index contributed by atoms with van der Waals surface area (Å²) in [5.41, 5.74) is 0.317. The van der Waals surface area contributed by atoms with E-state index in [2.05, 4.69) is 20.3 Å². The average molecular weight is 284 g/mol. The summed E-state index contributed by atoms with van der Waals surface area (Å²) < 4.78 is 13.6. The lowest BCUT2D eigenvalue weighted by Crippen LogP contribution is -2.01. The minimum atomic E-state index is -0.610. The molecule has 0 atom stereocenters. The summed E-state index contributed by atoms with van der Waals surface area (Å²) >= 11 is 11.2. The van der Waals surface area contributed by atoms with Crippen LogP contribution in [0.1, 0.15) is 5.56 Å². The number of nitrogens with one attached hydrogen (secondary N) is 1. The number of rotatable bonds is 2. The Hall–Kier alpha value is -1.97. The highest BCUT2D eigenvalue weighted by molar-refractivity contribution is 6.31. The van der Waals surface area contributed by atoms with Crippen LogP contribution in [0.15, 0.2) is 18.2 Å². The Kier molecular flexibility index (Phi) is 3.55. The molecule has 1 aromatic heterocycles. The number of aromatic nitrogens is 3. The highest BCUT2D eigenvalue weighted by atomic mass is 35.5. The van der Waals surface area contributed by atoms with E-state index in [4.69, 9.17) is 28.5 Å². The van der Waals surface area contributed by atoms with Gasteiger partial charge in [-0.05, 0) is 41.4 Å². The molecule has 0 radical (unpaired) electrons. The molecule has 2 rings (SSSR count). The van der Waals surface area contributed by atoms with Gasteiger partial charge in [-0.15, -0.1) is 0 Å². The quantitative estimate of drug-likeness (QED) is 0.917. The Labute approximate surface area is 111 Å². The lowest BCUT2D eigenvalue weighted by Gasteiger charge is -2.06. The van der Waals surface area contributed by atoms with E-state index in [1.54, 1.807) is 0 Å². The van der Waals surface area contributed by atoms with Gasteiger partial charge in [-0.25, -0.2) is 4.39 Å². The zero-order chi connectivity index (χ0) is 13.1. The second-order valence-electron chi connectivity index (χ2n) is 3.13. The van der Waals surface area contributed by atoms with Crippen LogP contribution in [-0.2, 0) is 0 Å². The predicted molar refractivity (Wildman–Crippen MR) is 64.2 cm³/mol. The fraction of sp³-hybridized carbons (Fsp3) is 0. The molecule has 18 heavy (non-hydrogen) atoms. The van der Waals surface area contributed by atoms with Crippen molar-refractivity contribution in [3.05, 3.63) is 40.1 Å². The molecule has 0 saturated carbocycles. The Bertz CT molecular complexity index is 620. The van der Waals surface area contributed by atoms with Crippen molar-refractivity contribution in [2.45, 2.75) is 0 Å². The van der Waals surface area contributed by atoms with Crippen molar-refractivity contribution >= 4 is 34.8 Å². The summed E-state index contributed by atoms with van der Waals surface area (Å²) in [6.07, 6.45) is 0. The average Bonchev–Trinajstić information content (AvgIpc) is 2.30. The summed E-state index contributed by atoms with van der Waals surface area (Å²) in [4.78, 5) is 11.0. The fourth-order valence-electron chi connectivity index (χ4n) is 1.19. The largest absolute Gasteiger partial charge is 0.321 e. The van der Waals surface area contributed by atoms with Crippen LogP contribution in [0.3, 0.4) is 0 Å². The third-order valence-corrected chi connectivity index (χ3v) is 2.26. The number of nitriles is 1. The van der Waals surface area contributed by atoms with Crippen LogP contribution in [0, 0.1) is 17.1 Å².